The van der Waals surface area contributed by atoms with Gasteiger partial charge in [-0.3, -0.25) is 9.59 Å². The van der Waals surface area contributed by atoms with E-state index in [-0.39, 0.29) is 11.5 Å². The molecule has 5 rings (SSSR count). The summed E-state index contributed by atoms with van der Waals surface area (Å²) in [6.07, 6.45) is 4.81. The van der Waals surface area contributed by atoms with Gasteiger partial charge >= 0.3 is 0 Å². The first-order chi connectivity index (χ1) is 13.6. The highest BCUT2D eigenvalue weighted by Crippen LogP contribution is 2.38. The lowest BCUT2D eigenvalue weighted by molar-refractivity contribution is -0.137. The van der Waals surface area contributed by atoms with Gasteiger partial charge < -0.3 is 9.47 Å². The topological polar surface area (TPSA) is 60.1 Å². The van der Waals surface area contributed by atoms with Crippen LogP contribution in [0.3, 0.4) is 0 Å². The van der Waals surface area contributed by atoms with Crippen LogP contribution in [0.5, 0.6) is 0 Å². The van der Waals surface area contributed by atoms with Crippen LogP contribution in [0.1, 0.15) is 30.0 Å². The Morgan fingerprint density at radius 3 is 2.71 bits per heavy atom. The molecular formula is C22H24N4O2. The summed E-state index contributed by atoms with van der Waals surface area (Å²) in [5, 5.41) is 5.67. The SMILES string of the molecule is Cn1cc(CC(=O)N2CC(Cn3nc(C4CC4)ccc3=O)C2)c2ccccc21. The van der Waals surface area contributed by atoms with Gasteiger partial charge in [0, 0.05) is 55.1 Å². The van der Waals surface area contributed by atoms with Gasteiger partial charge in [0.2, 0.25) is 5.91 Å². The van der Waals surface area contributed by atoms with E-state index in [0.29, 0.717) is 37.9 Å². The molecule has 1 aromatic carbocycles. The maximum Gasteiger partial charge on any atom is 0.266 e. The monoisotopic (exact) mass is 376 g/mol. The first-order valence-corrected chi connectivity index (χ1v) is 9.97. The fraction of sp³-hybridized carbons (Fsp3) is 0.409. The van der Waals surface area contributed by atoms with E-state index in [1.807, 2.05) is 36.3 Å². The molecule has 0 bridgehead atoms. The molecule has 6 nitrogen and oxygen atoms in total. The summed E-state index contributed by atoms with van der Waals surface area (Å²) in [6, 6.07) is 11.7. The smallest absolute Gasteiger partial charge is 0.266 e. The fourth-order valence-corrected chi connectivity index (χ4v) is 4.17. The van der Waals surface area contributed by atoms with Gasteiger partial charge in [0.1, 0.15) is 0 Å². The lowest BCUT2D eigenvalue weighted by Crippen LogP contribution is -2.52. The van der Waals surface area contributed by atoms with E-state index in [9.17, 15) is 9.59 Å². The molecule has 0 radical (unpaired) electrons. The Balaban J connectivity index is 1.21. The number of carbonyl (C=O) groups is 1. The molecule has 28 heavy (non-hydrogen) atoms. The number of rotatable bonds is 5. The van der Waals surface area contributed by atoms with Crippen LogP contribution >= 0.6 is 0 Å². The Morgan fingerprint density at radius 2 is 1.93 bits per heavy atom. The Hall–Kier alpha value is -2.89. The van der Waals surface area contributed by atoms with Crippen molar-refractivity contribution >= 4 is 16.8 Å². The normalized spacial score (nSPS) is 17.1. The lowest BCUT2D eigenvalue weighted by Gasteiger charge is -2.39. The zero-order chi connectivity index (χ0) is 19.3. The highest BCUT2D eigenvalue weighted by molar-refractivity contribution is 5.89. The predicted molar refractivity (Wildman–Crippen MR) is 107 cm³/mol. The van der Waals surface area contributed by atoms with E-state index < -0.39 is 0 Å². The molecule has 1 aliphatic heterocycles. The van der Waals surface area contributed by atoms with Crippen molar-refractivity contribution < 1.29 is 4.79 Å². The van der Waals surface area contributed by atoms with Crippen LogP contribution in [0.2, 0.25) is 0 Å². The molecule has 0 atom stereocenters. The van der Waals surface area contributed by atoms with Crippen LogP contribution in [0, 0.1) is 5.92 Å². The number of amides is 1. The Labute approximate surface area is 163 Å². The largest absolute Gasteiger partial charge is 0.350 e. The van der Waals surface area contributed by atoms with Crippen LogP contribution in [0.15, 0.2) is 47.4 Å². The number of nitrogens with zero attached hydrogens (tertiary/aromatic N) is 4. The summed E-state index contributed by atoms with van der Waals surface area (Å²) in [5.74, 6) is 0.989. The standard InChI is InChI=1S/C22H24N4O2/c1-24-14-17(18-4-2-3-5-20(18)24)10-22(28)25-11-15(12-25)13-26-21(27)9-8-19(23-26)16-6-7-16/h2-5,8-9,14-16H,6-7,10-13H2,1H3. The predicted octanol–water partition coefficient (Wildman–Crippen LogP) is 2.31. The number of hydrogen-bond acceptors (Lipinski definition) is 3. The van der Waals surface area contributed by atoms with Crippen LogP contribution in [-0.4, -0.2) is 38.2 Å². The van der Waals surface area contributed by atoms with Crippen molar-refractivity contribution in [2.75, 3.05) is 13.1 Å². The number of benzene rings is 1. The second kappa shape index (κ2) is 6.62. The Kier molecular flexibility index (Phi) is 4.07. The summed E-state index contributed by atoms with van der Waals surface area (Å²) in [6.45, 7) is 1.99. The summed E-state index contributed by atoms with van der Waals surface area (Å²) in [4.78, 5) is 26.7. The first-order valence-electron chi connectivity index (χ1n) is 9.97. The highest BCUT2D eigenvalue weighted by Gasteiger charge is 2.32. The van der Waals surface area contributed by atoms with Crippen LogP contribution in [0.25, 0.3) is 10.9 Å². The Bertz CT molecular complexity index is 1100. The molecule has 1 saturated heterocycles. The number of likely N-dealkylation sites (tertiary alicyclic amines) is 1. The zero-order valence-electron chi connectivity index (χ0n) is 16.0. The number of carbonyl (C=O) groups excluding carboxylic acids is 1. The maximum atomic E-state index is 12.7. The zero-order valence-corrected chi connectivity index (χ0v) is 16.0. The number of aromatic nitrogens is 3. The second-order valence-corrected chi connectivity index (χ2v) is 8.18. The summed E-state index contributed by atoms with van der Waals surface area (Å²) in [7, 11) is 2.01. The summed E-state index contributed by atoms with van der Waals surface area (Å²) < 4.78 is 3.66. The van der Waals surface area contributed by atoms with Crippen molar-refractivity contribution in [2.24, 2.45) is 13.0 Å². The molecule has 1 saturated carbocycles. The molecule has 2 aliphatic rings. The van der Waals surface area contributed by atoms with Gasteiger partial charge in [-0.2, -0.15) is 5.10 Å². The van der Waals surface area contributed by atoms with Crippen LogP contribution in [-0.2, 0) is 24.8 Å². The van der Waals surface area contributed by atoms with Crippen molar-refractivity contribution in [3.63, 3.8) is 0 Å². The second-order valence-electron chi connectivity index (χ2n) is 8.18. The third kappa shape index (κ3) is 3.13. The molecule has 1 amide bonds. The molecule has 6 heteroatoms. The molecule has 2 fully saturated rings. The van der Waals surface area contributed by atoms with E-state index in [0.717, 1.165) is 22.2 Å². The van der Waals surface area contributed by atoms with E-state index in [4.69, 9.17) is 0 Å². The number of aryl methyl sites for hydroxylation is 1. The van der Waals surface area contributed by atoms with E-state index in [1.165, 1.54) is 12.8 Å². The lowest BCUT2D eigenvalue weighted by atomic mass is 9.98. The van der Waals surface area contributed by atoms with Gasteiger partial charge in [-0.1, -0.05) is 18.2 Å². The van der Waals surface area contributed by atoms with Crippen LogP contribution in [0.4, 0.5) is 0 Å². The minimum Gasteiger partial charge on any atom is -0.350 e. The summed E-state index contributed by atoms with van der Waals surface area (Å²) in [5.41, 5.74) is 3.20. The average molecular weight is 376 g/mol. The minimum atomic E-state index is -0.0510. The van der Waals surface area contributed by atoms with Gasteiger partial charge in [-0.15, -0.1) is 0 Å². The molecular weight excluding hydrogens is 352 g/mol. The average Bonchev–Trinajstić information content (AvgIpc) is 3.45. The minimum absolute atomic E-state index is 0.0510. The van der Waals surface area contributed by atoms with E-state index in [1.54, 1.807) is 10.7 Å². The van der Waals surface area contributed by atoms with Crippen molar-refractivity contribution in [1.29, 1.82) is 0 Å². The van der Waals surface area contributed by atoms with Gasteiger partial charge in [0.05, 0.1) is 18.7 Å². The van der Waals surface area contributed by atoms with Crippen molar-refractivity contribution in [2.45, 2.75) is 31.7 Å². The van der Waals surface area contributed by atoms with E-state index in [2.05, 4.69) is 21.8 Å². The molecule has 0 unspecified atom stereocenters. The summed E-state index contributed by atoms with van der Waals surface area (Å²) >= 11 is 0. The molecule has 1 aliphatic carbocycles. The maximum absolute atomic E-state index is 12.7. The molecule has 3 heterocycles. The number of para-hydroxylation sites is 1. The van der Waals surface area contributed by atoms with Gasteiger partial charge in [0.15, 0.2) is 0 Å². The molecule has 0 N–H and O–H groups in total. The number of fused-ring (bicyclic) bond motifs is 1. The quantitative estimate of drug-likeness (QED) is 0.687. The van der Waals surface area contributed by atoms with Gasteiger partial charge in [-0.05, 0) is 30.5 Å². The fourth-order valence-electron chi connectivity index (χ4n) is 4.17. The Morgan fingerprint density at radius 1 is 1.14 bits per heavy atom. The van der Waals surface area contributed by atoms with E-state index >= 15 is 0 Å². The molecule has 0 spiro atoms. The molecule has 3 aromatic rings. The van der Waals surface area contributed by atoms with Crippen molar-refractivity contribution in [3.05, 3.63) is 64.2 Å². The molecule has 2 aromatic heterocycles. The first kappa shape index (κ1) is 17.2. The molecule has 144 valence electrons. The number of hydrogen-bond donors (Lipinski definition) is 0. The van der Waals surface area contributed by atoms with Gasteiger partial charge in [0.25, 0.3) is 5.56 Å². The third-order valence-corrected chi connectivity index (χ3v) is 5.95. The highest BCUT2D eigenvalue weighted by atomic mass is 16.2. The van der Waals surface area contributed by atoms with Crippen LogP contribution < -0.4 is 5.56 Å². The van der Waals surface area contributed by atoms with Gasteiger partial charge in [-0.25, -0.2) is 4.68 Å². The van der Waals surface area contributed by atoms with Crippen molar-refractivity contribution in [3.8, 4) is 0 Å². The van der Waals surface area contributed by atoms with Crippen molar-refractivity contribution in [1.82, 2.24) is 19.2 Å². The third-order valence-electron chi connectivity index (χ3n) is 5.95.